The number of sulfonamides is 1. The van der Waals surface area contributed by atoms with E-state index in [1.807, 2.05) is 6.92 Å². The summed E-state index contributed by atoms with van der Waals surface area (Å²) in [5.41, 5.74) is 0. The molecule has 0 spiro atoms. The van der Waals surface area contributed by atoms with Gasteiger partial charge in [-0.25, -0.2) is 13.4 Å². The van der Waals surface area contributed by atoms with E-state index in [9.17, 15) is 8.42 Å². The summed E-state index contributed by atoms with van der Waals surface area (Å²) in [5, 5.41) is 0. The highest BCUT2D eigenvalue weighted by Gasteiger charge is 2.33. The van der Waals surface area contributed by atoms with Crippen molar-refractivity contribution in [1.82, 2.24) is 9.29 Å². The Morgan fingerprint density at radius 3 is 2.65 bits per heavy atom. The topological polar surface area (TPSA) is 50.3 Å². The molecule has 0 unspecified atom stereocenters. The van der Waals surface area contributed by atoms with Crippen LogP contribution in [0.15, 0.2) is 10.4 Å². The Morgan fingerprint density at radius 2 is 2.18 bits per heavy atom. The Morgan fingerprint density at radius 1 is 1.53 bits per heavy atom. The van der Waals surface area contributed by atoms with E-state index in [1.54, 1.807) is 4.31 Å². The first-order chi connectivity index (χ1) is 8.05. The van der Waals surface area contributed by atoms with Gasteiger partial charge in [-0.1, -0.05) is 42.7 Å². The minimum atomic E-state index is -3.41. The van der Waals surface area contributed by atoms with Crippen LogP contribution >= 0.6 is 22.9 Å². The molecule has 0 amide bonds. The first-order valence-corrected chi connectivity index (χ1v) is 8.32. The van der Waals surface area contributed by atoms with Gasteiger partial charge < -0.3 is 0 Å². The summed E-state index contributed by atoms with van der Waals surface area (Å²) < 4.78 is 26.9. The minimum absolute atomic E-state index is 0.144. The number of hydrogen-bond donors (Lipinski definition) is 0. The normalized spacial score (nSPS) is 18.1. The summed E-state index contributed by atoms with van der Waals surface area (Å²) in [5.74, 6) is 0. The number of aromatic nitrogens is 1. The maximum atomic E-state index is 12.4. The third-order valence-corrected chi connectivity index (χ3v) is 6.64. The number of halogens is 1. The van der Waals surface area contributed by atoms with Crippen molar-refractivity contribution < 1.29 is 8.42 Å². The lowest BCUT2D eigenvalue weighted by Crippen LogP contribution is -2.38. The Bertz CT molecular complexity index is 480. The Hall–Kier alpha value is -0.170. The zero-order chi connectivity index (χ0) is 12.5. The third-order valence-electron chi connectivity index (χ3n) is 3.06. The molecule has 2 rings (SSSR count). The summed E-state index contributed by atoms with van der Waals surface area (Å²) in [7, 11) is -3.41. The number of hydrogen-bond acceptors (Lipinski definition) is 4. The molecule has 1 aromatic rings. The largest absolute Gasteiger partial charge is 0.254 e. The van der Waals surface area contributed by atoms with E-state index < -0.39 is 10.0 Å². The Kier molecular flexibility index (Phi) is 4.07. The van der Waals surface area contributed by atoms with E-state index in [-0.39, 0.29) is 14.7 Å². The number of rotatable bonds is 4. The molecule has 1 saturated carbocycles. The standard InChI is InChI=1S/C10H15ClN2O2S2/c1-2-13(8-5-3-4-6-8)17(14,15)9-7-12-10(11)16-9/h7-8H,2-6H2,1H3. The van der Waals surface area contributed by atoms with Gasteiger partial charge in [0.2, 0.25) is 0 Å². The predicted octanol–water partition coefficient (Wildman–Crippen LogP) is 2.75. The van der Waals surface area contributed by atoms with Crippen molar-refractivity contribution in [3.63, 3.8) is 0 Å². The molecule has 1 heterocycles. The van der Waals surface area contributed by atoms with Crippen LogP contribution < -0.4 is 0 Å². The molecule has 0 aromatic carbocycles. The van der Waals surface area contributed by atoms with Crippen LogP contribution in [0.25, 0.3) is 0 Å². The summed E-state index contributed by atoms with van der Waals surface area (Å²) in [6, 6.07) is 0.144. The Balaban J connectivity index is 2.29. The van der Waals surface area contributed by atoms with E-state index in [0.29, 0.717) is 6.54 Å². The van der Waals surface area contributed by atoms with E-state index in [2.05, 4.69) is 4.98 Å². The molecule has 0 aliphatic heterocycles. The highest BCUT2D eigenvalue weighted by atomic mass is 35.5. The van der Waals surface area contributed by atoms with Gasteiger partial charge in [-0.3, -0.25) is 0 Å². The molecule has 1 fully saturated rings. The van der Waals surface area contributed by atoms with E-state index >= 15 is 0 Å². The van der Waals surface area contributed by atoms with Crippen molar-refractivity contribution >= 4 is 33.0 Å². The molecule has 0 N–H and O–H groups in total. The van der Waals surface area contributed by atoms with Gasteiger partial charge in [-0.15, -0.1) is 0 Å². The molecule has 0 saturated heterocycles. The summed E-state index contributed by atoms with van der Waals surface area (Å²) >= 11 is 6.72. The van der Waals surface area contributed by atoms with Crippen molar-refractivity contribution in [2.45, 2.75) is 42.9 Å². The van der Waals surface area contributed by atoms with Crippen molar-refractivity contribution in [2.75, 3.05) is 6.54 Å². The van der Waals surface area contributed by atoms with Gasteiger partial charge in [0.1, 0.15) is 0 Å². The summed E-state index contributed by atoms with van der Waals surface area (Å²) in [4.78, 5) is 3.80. The van der Waals surface area contributed by atoms with E-state index in [0.717, 1.165) is 37.0 Å². The second-order valence-electron chi connectivity index (χ2n) is 4.08. The average Bonchev–Trinajstić information content (AvgIpc) is 2.89. The molecule has 1 aromatic heterocycles. The predicted molar refractivity (Wildman–Crippen MR) is 68.9 cm³/mol. The van der Waals surface area contributed by atoms with Crippen LogP contribution in [0.3, 0.4) is 0 Å². The zero-order valence-corrected chi connectivity index (χ0v) is 12.0. The molecule has 0 atom stereocenters. The monoisotopic (exact) mass is 294 g/mol. The molecule has 0 radical (unpaired) electrons. The van der Waals surface area contributed by atoms with Crippen molar-refractivity contribution in [3.8, 4) is 0 Å². The lowest BCUT2D eigenvalue weighted by molar-refractivity contribution is 0.336. The van der Waals surface area contributed by atoms with Gasteiger partial charge in [0.25, 0.3) is 10.0 Å². The fourth-order valence-electron chi connectivity index (χ4n) is 2.29. The highest BCUT2D eigenvalue weighted by molar-refractivity contribution is 7.91. The van der Waals surface area contributed by atoms with Crippen LogP contribution in [0.2, 0.25) is 4.47 Å². The van der Waals surface area contributed by atoms with Crippen molar-refractivity contribution in [3.05, 3.63) is 10.7 Å². The van der Waals surface area contributed by atoms with Crippen molar-refractivity contribution in [1.29, 1.82) is 0 Å². The quantitative estimate of drug-likeness (QED) is 0.858. The SMILES string of the molecule is CCN(C1CCCC1)S(=O)(=O)c1cnc(Cl)s1. The van der Waals surface area contributed by atoms with E-state index in [4.69, 9.17) is 11.6 Å². The van der Waals surface area contributed by atoms with Crippen LogP contribution in [0.1, 0.15) is 32.6 Å². The maximum Gasteiger partial charge on any atom is 0.254 e. The average molecular weight is 295 g/mol. The van der Waals surface area contributed by atoms with Gasteiger partial charge in [0, 0.05) is 12.6 Å². The van der Waals surface area contributed by atoms with Crippen LogP contribution in [-0.4, -0.2) is 30.3 Å². The summed E-state index contributed by atoms with van der Waals surface area (Å²) in [6.45, 7) is 2.38. The Labute approximate surface area is 111 Å². The lowest BCUT2D eigenvalue weighted by Gasteiger charge is -2.25. The molecular weight excluding hydrogens is 280 g/mol. The second kappa shape index (κ2) is 5.22. The lowest BCUT2D eigenvalue weighted by atomic mass is 10.2. The molecular formula is C10H15ClN2O2S2. The van der Waals surface area contributed by atoms with Crippen LogP contribution in [0, 0.1) is 0 Å². The van der Waals surface area contributed by atoms with E-state index in [1.165, 1.54) is 6.20 Å². The smallest absolute Gasteiger partial charge is 0.232 e. The fourth-order valence-corrected chi connectivity index (χ4v) is 5.41. The highest BCUT2D eigenvalue weighted by Crippen LogP contribution is 2.31. The van der Waals surface area contributed by atoms with Crippen molar-refractivity contribution in [2.24, 2.45) is 0 Å². The third kappa shape index (κ3) is 2.65. The van der Waals surface area contributed by atoms with Gasteiger partial charge in [-0.05, 0) is 12.8 Å². The molecule has 96 valence electrons. The second-order valence-corrected chi connectivity index (χ2v) is 7.81. The molecule has 0 bridgehead atoms. The maximum absolute atomic E-state index is 12.4. The molecule has 1 aliphatic rings. The summed E-state index contributed by atoms with van der Waals surface area (Å²) in [6.07, 6.45) is 5.49. The minimum Gasteiger partial charge on any atom is -0.232 e. The van der Waals surface area contributed by atoms with Gasteiger partial charge >= 0.3 is 0 Å². The van der Waals surface area contributed by atoms with Gasteiger partial charge in [0.15, 0.2) is 8.68 Å². The van der Waals surface area contributed by atoms with Crippen LogP contribution in [0.5, 0.6) is 0 Å². The molecule has 4 nitrogen and oxygen atoms in total. The van der Waals surface area contributed by atoms with Gasteiger partial charge in [-0.2, -0.15) is 4.31 Å². The molecule has 17 heavy (non-hydrogen) atoms. The number of thiazole rings is 1. The number of nitrogens with zero attached hydrogens (tertiary/aromatic N) is 2. The first-order valence-electron chi connectivity index (χ1n) is 5.69. The molecule has 7 heteroatoms. The van der Waals surface area contributed by atoms with Crippen LogP contribution in [0.4, 0.5) is 0 Å². The fraction of sp³-hybridized carbons (Fsp3) is 0.700. The zero-order valence-electron chi connectivity index (χ0n) is 9.60. The van der Waals surface area contributed by atoms with Crippen LogP contribution in [-0.2, 0) is 10.0 Å². The first kappa shape index (κ1) is 13.3. The molecule has 1 aliphatic carbocycles. The van der Waals surface area contributed by atoms with Gasteiger partial charge in [0.05, 0.1) is 6.20 Å².